The molecule has 168 valence electrons. The summed E-state index contributed by atoms with van der Waals surface area (Å²) in [4.78, 5) is 29.7. The molecule has 0 aliphatic rings. The van der Waals surface area contributed by atoms with Crippen molar-refractivity contribution in [2.24, 2.45) is 0 Å². The number of carbonyl (C=O) groups excluding carboxylic acids is 2. The molecule has 0 atom stereocenters. The minimum Gasteiger partial charge on any atom is -0.321 e. The lowest BCUT2D eigenvalue weighted by Gasteiger charge is -2.05. The lowest BCUT2D eigenvalue weighted by atomic mass is 10.0. The number of ketones is 1. The Balaban J connectivity index is 1.59. The van der Waals surface area contributed by atoms with Gasteiger partial charge in [0.15, 0.2) is 5.78 Å². The lowest BCUT2D eigenvalue weighted by molar-refractivity contribution is 0.101. The molecule has 6 nitrogen and oxygen atoms in total. The van der Waals surface area contributed by atoms with Crippen LogP contribution < -0.4 is 5.32 Å². The lowest BCUT2D eigenvalue weighted by Crippen LogP contribution is -2.11. The van der Waals surface area contributed by atoms with Gasteiger partial charge in [0, 0.05) is 34.0 Å². The number of aryl methyl sites for hydroxylation is 2. The molecule has 0 saturated heterocycles. The SMILES string of the molecule is CC(=O)c1cccc(NC(=O)c2sc(-n3nc(C)c(Cc4ccc(Cl)cc4)c3C)nc2C)c1. The fourth-order valence-corrected chi connectivity index (χ4v) is 4.70. The Morgan fingerprint density at radius 2 is 1.79 bits per heavy atom. The first-order valence-corrected chi connectivity index (χ1v) is 11.6. The topological polar surface area (TPSA) is 76.9 Å². The highest BCUT2D eigenvalue weighted by atomic mass is 35.5. The van der Waals surface area contributed by atoms with Gasteiger partial charge in [0.2, 0.25) is 5.13 Å². The second-order valence-electron chi connectivity index (χ2n) is 7.87. The maximum absolute atomic E-state index is 12.9. The highest BCUT2D eigenvalue weighted by molar-refractivity contribution is 7.16. The highest BCUT2D eigenvalue weighted by Gasteiger charge is 2.20. The van der Waals surface area contributed by atoms with Crippen molar-refractivity contribution in [2.75, 3.05) is 5.32 Å². The Kier molecular flexibility index (Phi) is 6.44. The molecule has 1 amide bonds. The summed E-state index contributed by atoms with van der Waals surface area (Å²) >= 11 is 7.29. The van der Waals surface area contributed by atoms with Crippen LogP contribution in [-0.4, -0.2) is 26.5 Å². The van der Waals surface area contributed by atoms with Gasteiger partial charge in [-0.05, 0) is 57.5 Å². The summed E-state index contributed by atoms with van der Waals surface area (Å²) in [6.45, 7) is 7.29. The zero-order valence-corrected chi connectivity index (χ0v) is 20.3. The van der Waals surface area contributed by atoms with Gasteiger partial charge in [0.05, 0.1) is 11.4 Å². The number of nitrogens with one attached hydrogen (secondary N) is 1. The van der Waals surface area contributed by atoms with Gasteiger partial charge in [0.25, 0.3) is 5.91 Å². The number of nitrogens with zero attached hydrogens (tertiary/aromatic N) is 3. The number of halogens is 1. The van der Waals surface area contributed by atoms with Crippen molar-refractivity contribution in [3.63, 3.8) is 0 Å². The summed E-state index contributed by atoms with van der Waals surface area (Å²) in [5.41, 5.74) is 5.91. The van der Waals surface area contributed by atoms with Crippen LogP contribution in [-0.2, 0) is 6.42 Å². The molecular weight excluding hydrogens is 456 g/mol. The molecule has 2 aromatic heterocycles. The number of amides is 1. The maximum Gasteiger partial charge on any atom is 0.267 e. The summed E-state index contributed by atoms with van der Waals surface area (Å²) in [7, 11) is 0. The second kappa shape index (κ2) is 9.29. The van der Waals surface area contributed by atoms with E-state index in [1.54, 1.807) is 35.9 Å². The minimum absolute atomic E-state index is 0.0544. The van der Waals surface area contributed by atoms with Crippen LogP contribution in [0.15, 0.2) is 48.5 Å². The van der Waals surface area contributed by atoms with Crippen LogP contribution in [0.25, 0.3) is 5.13 Å². The zero-order valence-electron chi connectivity index (χ0n) is 18.8. The average molecular weight is 479 g/mol. The molecule has 0 unspecified atom stereocenters. The molecular formula is C25H23ClN4O2S. The van der Waals surface area contributed by atoms with Crippen LogP contribution in [0.4, 0.5) is 5.69 Å². The highest BCUT2D eigenvalue weighted by Crippen LogP contribution is 2.27. The molecule has 0 aliphatic heterocycles. The smallest absolute Gasteiger partial charge is 0.267 e. The fourth-order valence-electron chi connectivity index (χ4n) is 3.61. The van der Waals surface area contributed by atoms with Crippen molar-refractivity contribution in [1.82, 2.24) is 14.8 Å². The molecule has 0 saturated carbocycles. The molecule has 2 heterocycles. The summed E-state index contributed by atoms with van der Waals surface area (Å²) in [6, 6.07) is 14.7. The number of hydrogen-bond donors (Lipinski definition) is 1. The van der Waals surface area contributed by atoms with E-state index in [0.29, 0.717) is 32.0 Å². The number of hydrogen-bond acceptors (Lipinski definition) is 5. The van der Waals surface area contributed by atoms with Crippen molar-refractivity contribution in [1.29, 1.82) is 0 Å². The monoisotopic (exact) mass is 478 g/mol. The van der Waals surface area contributed by atoms with E-state index in [4.69, 9.17) is 16.7 Å². The molecule has 0 fully saturated rings. The van der Waals surface area contributed by atoms with Crippen LogP contribution in [0.3, 0.4) is 0 Å². The normalized spacial score (nSPS) is 10.9. The summed E-state index contributed by atoms with van der Waals surface area (Å²) in [6.07, 6.45) is 0.735. The Labute approximate surface area is 201 Å². The van der Waals surface area contributed by atoms with Gasteiger partial charge in [-0.3, -0.25) is 9.59 Å². The van der Waals surface area contributed by atoms with Crippen molar-refractivity contribution >= 4 is 40.3 Å². The maximum atomic E-state index is 12.9. The number of rotatable bonds is 6. The predicted octanol–water partition coefficient (Wildman–Crippen LogP) is 5.95. The number of thiazole rings is 1. The molecule has 0 bridgehead atoms. The first-order valence-electron chi connectivity index (χ1n) is 10.4. The van der Waals surface area contributed by atoms with Gasteiger partial charge in [-0.1, -0.05) is 47.2 Å². The standard InChI is InChI=1S/C25H23ClN4O2S/c1-14-22(12-18-8-10-20(26)11-9-18)16(3)30(29-14)25-27-15(2)23(33-25)24(32)28-21-7-5-6-19(13-21)17(4)31/h5-11,13H,12H2,1-4H3,(H,28,32). The van der Waals surface area contributed by atoms with Crippen LogP contribution in [0, 0.1) is 20.8 Å². The van der Waals surface area contributed by atoms with Gasteiger partial charge < -0.3 is 5.32 Å². The van der Waals surface area contributed by atoms with E-state index in [0.717, 1.165) is 28.9 Å². The number of carbonyl (C=O) groups is 2. The van der Waals surface area contributed by atoms with E-state index in [-0.39, 0.29) is 11.7 Å². The fraction of sp³-hybridized carbons (Fsp3) is 0.200. The number of aromatic nitrogens is 3. The minimum atomic E-state index is -0.264. The van der Waals surface area contributed by atoms with Gasteiger partial charge in [-0.25, -0.2) is 9.67 Å². The third kappa shape index (κ3) is 4.89. The van der Waals surface area contributed by atoms with Gasteiger partial charge in [0.1, 0.15) is 4.88 Å². The third-order valence-corrected chi connectivity index (χ3v) is 6.82. The van der Waals surface area contributed by atoms with Crippen molar-refractivity contribution in [3.8, 4) is 5.13 Å². The van der Waals surface area contributed by atoms with E-state index in [9.17, 15) is 9.59 Å². The summed E-state index contributed by atoms with van der Waals surface area (Å²) in [5, 5.41) is 8.90. The third-order valence-electron chi connectivity index (χ3n) is 5.44. The van der Waals surface area contributed by atoms with E-state index in [2.05, 4.69) is 10.3 Å². The molecule has 8 heteroatoms. The second-order valence-corrected chi connectivity index (χ2v) is 9.28. The zero-order chi connectivity index (χ0) is 23.7. The van der Waals surface area contributed by atoms with Gasteiger partial charge in [-0.2, -0.15) is 5.10 Å². The Morgan fingerprint density at radius 1 is 1.06 bits per heavy atom. The Bertz CT molecular complexity index is 1360. The summed E-state index contributed by atoms with van der Waals surface area (Å²) in [5.74, 6) is -0.318. The predicted molar refractivity (Wildman–Crippen MR) is 132 cm³/mol. The van der Waals surface area contributed by atoms with Crippen LogP contribution >= 0.6 is 22.9 Å². The largest absolute Gasteiger partial charge is 0.321 e. The van der Waals surface area contributed by atoms with Gasteiger partial charge in [-0.15, -0.1) is 0 Å². The van der Waals surface area contributed by atoms with E-state index >= 15 is 0 Å². The van der Waals surface area contributed by atoms with E-state index in [1.807, 2.05) is 38.1 Å². The number of benzene rings is 2. The van der Waals surface area contributed by atoms with Crippen molar-refractivity contribution < 1.29 is 9.59 Å². The van der Waals surface area contributed by atoms with Crippen LogP contribution in [0.1, 0.15) is 55.2 Å². The van der Waals surface area contributed by atoms with Crippen molar-refractivity contribution in [2.45, 2.75) is 34.1 Å². The molecule has 2 aromatic carbocycles. The van der Waals surface area contributed by atoms with Crippen molar-refractivity contribution in [3.05, 3.63) is 92.2 Å². The molecule has 1 N–H and O–H groups in total. The quantitative estimate of drug-likeness (QED) is 0.347. The first kappa shape index (κ1) is 22.9. The number of anilines is 1. The molecule has 4 rings (SSSR count). The molecule has 33 heavy (non-hydrogen) atoms. The van der Waals surface area contributed by atoms with E-state index in [1.165, 1.54) is 18.3 Å². The van der Waals surface area contributed by atoms with Crippen LogP contribution in [0.5, 0.6) is 0 Å². The molecule has 0 aliphatic carbocycles. The number of Topliss-reactive ketones (excluding diaryl/α,β-unsaturated/α-hetero) is 1. The molecule has 0 radical (unpaired) electrons. The van der Waals surface area contributed by atoms with Crippen LogP contribution in [0.2, 0.25) is 5.02 Å². The summed E-state index contributed by atoms with van der Waals surface area (Å²) < 4.78 is 1.80. The van der Waals surface area contributed by atoms with Gasteiger partial charge >= 0.3 is 0 Å². The Morgan fingerprint density at radius 3 is 2.48 bits per heavy atom. The average Bonchev–Trinajstić information content (AvgIpc) is 3.30. The Hall–Kier alpha value is -3.29. The molecule has 4 aromatic rings. The van der Waals surface area contributed by atoms with E-state index < -0.39 is 0 Å². The molecule has 0 spiro atoms. The first-order chi connectivity index (χ1) is 15.7.